The minimum Gasteiger partial charge on any atom is -0.429 e. The van der Waals surface area contributed by atoms with E-state index in [0.29, 0.717) is 0 Å². The Labute approximate surface area is 162 Å². The fourth-order valence-electron chi connectivity index (χ4n) is 3.70. The van der Waals surface area contributed by atoms with E-state index in [1.807, 2.05) is 45.9 Å². The summed E-state index contributed by atoms with van der Waals surface area (Å²) in [5, 5.41) is 0. The van der Waals surface area contributed by atoms with Crippen molar-refractivity contribution in [2.24, 2.45) is 10.8 Å². The molecule has 148 valence electrons. The Morgan fingerprint density at radius 2 is 1.52 bits per heavy atom. The maximum absolute atomic E-state index is 15.0. The number of rotatable bonds is 6. The number of hydrogen-bond donors (Lipinski definition) is 0. The molecule has 0 aromatic rings. The molecular formula is C24H32F2O. The van der Waals surface area contributed by atoms with Crippen molar-refractivity contribution in [1.29, 1.82) is 0 Å². The molecule has 2 aliphatic rings. The molecule has 3 heteroatoms. The number of unbranched alkanes of at least 4 members (excludes halogenated alkanes) is 1. The highest BCUT2D eigenvalue weighted by Crippen LogP contribution is 2.39. The monoisotopic (exact) mass is 374 g/mol. The van der Waals surface area contributed by atoms with Crippen LogP contribution in [0.25, 0.3) is 0 Å². The van der Waals surface area contributed by atoms with Crippen LogP contribution in [0.3, 0.4) is 0 Å². The number of hydrogen-bond acceptors (Lipinski definition) is 1. The molecule has 0 amide bonds. The predicted molar refractivity (Wildman–Crippen MR) is 109 cm³/mol. The van der Waals surface area contributed by atoms with Gasteiger partial charge in [-0.1, -0.05) is 82.1 Å². The number of halogens is 2. The van der Waals surface area contributed by atoms with Gasteiger partial charge in [-0.15, -0.1) is 0 Å². The summed E-state index contributed by atoms with van der Waals surface area (Å²) in [4.78, 5) is 0. The van der Waals surface area contributed by atoms with Crippen LogP contribution in [0, 0.1) is 10.8 Å². The van der Waals surface area contributed by atoms with Crippen LogP contribution < -0.4 is 0 Å². The lowest BCUT2D eigenvalue weighted by Gasteiger charge is -2.26. The van der Waals surface area contributed by atoms with Gasteiger partial charge in [0.05, 0.1) is 5.57 Å². The van der Waals surface area contributed by atoms with E-state index in [-0.39, 0.29) is 16.7 Å². The fourth-order valence-corrected chi connectivity index (χ4v) is 3.70. The zero-order valence-electron chi connectivity index (χ0n) is 17.4. The van der Waals surface area contributed by atoms with Crippen molar-refractivity contribution >= 4 is 0 Å². The van der Waals surface area contributed by atoms with Gasteiger partial charge in [-0.25, -0.2) is 0 Å². The van der Waals surface area contributed by atoms with E-state index >= 15 is 8.78 Å². The Hall–Kier alpha value is -1.90. The van der Waals surface area contributed by atoms with Gasteiger partial charge in [-0.05, 0) is 38.5 Å². The second kappa shape index (κ2) is 8.00. The first-order chi connectivity index (χ1) is 12.4. The SMILES string of the molecule is CCCCC1(C)C=C(C)C=CC(OC(F)(F)C2=CC(C)(C)C=C(C)C=C2)=C1. The third kappa shape index (κ3) is 6.05. The largest absolute Gasteiger partial charge is 0.429 e. The maximum atomic E-state index is 15.0. The highest BCUT2D eigenvalue weighted by molar-refractivity contribution is 5.39. The first-order valence-electron chi connectivity index (χ1n) is 9.73. The molecule has 0 spiro atoms. The molecule has 0 saturated heterocycles. The number of alkyl halides is 2. The standard InChI is InChI=1S/C24H32F2O/c1-7-8-13-23(6)15-19(3)10-12-21(17-23)27-24(25,26)20-11-9-18(2)14-22(4,5)16-20/h9-12,14-17H,7-8,13H2,1-6H3. The van der Waals surface area contributed by atoms with Gasteiger partial charge in [-0.2, -0.15) is 8.78 Å². The molecule has 0 radical (unpaired) electrons. The molecule has 0 fully saturated rings. The van der Waals surface area contributed by atoms with E-state index in [1.165, 1.54) is 6.08 Å². The van der Waals surface area contributed by atoms with E-state index in [1.54, 1.807) is 18.2 Å². The zero-order valence-corrected chi connectivity index (χ0v) is 17.4. The van der Waals surface area contributed by atoms with Crippen LogP contribution in [-0.4, -0.2) is 6.11 Å². The van der Waals surface area contributed by atoms with E-state index in [2.05, 4.69) is 19.9 Å². The first-order valence-corrected chi connectivity index (χ1v) is 9.73. The molecule has 1 unspecified atom stereocenters. The van der Waals surface area contributed by atoms with Gasteiger partial charge in [0.25, 0.3) is 0 Å². The first kappa shape index (κ1) is 21.4. The Bertz CT molecular complexity index is 744. The van der Waals surface area contributed by atoms with Crippen LogP contribution in [0.1, 0.15) is 60.8 Å². The van der Waals surface area contributed by atoms with Gasteiger partial charge >= 0.3 is 6.11 Å². The quantitative estimate of drug-likeness (QED) is 0.463. The third-order valence-corrected chi connectivity index (χ3v) is 4.84. The van der Waals surface area contributed by atoms with Crippen molar-refractivity contribution in [2.75, 3.05) is 0 Å². The summed E-state index contributed by atoms with van der Waals surface area (Å²) in [6, 6.07) is 0. The summed E-state index contributed by atoms with van der Waals surface area (Å²) in [5.74, 6) is 0.215. The Kier molecular flexibility index (Phi) is 6.34. The summed E-state index contributed by atoms with van der Waals surface area (Å²) < 4.78 is 35.3. The highest BCUT2D eigenvalue weighted by atomic mass is 19.3. The summed E-state index contributed by atoms with van der Waals surface area (Å²) >= 11 is 0. The Morgan fingerprint density at radius 3 is 2.19 bits per heavy atom. The third-order valence-electron chi connectivity index (χ3n) is 4.84. The van der Waals surface area contributed by atoms with Crippen molar-refractivity contribution in [3.8, 4) is 0 Å². The van der Waals surface area contributed by atoms with Crippen molar-refractivity contribution < 1.29 is 13.5 Å². The summed E-state index contributed by atoms with van der Waals surface area (Å²) in [5.41, 5.74) is 1.15. The summed E-state index contributed by atoms with van der Waals surface area (Å²) in [7, 11) is 0. The molecule has 1 atom stereocenters. The van der Waals surface area contributed by atoms with Gasteiger partial charge in [0.2, 0.25) is 0 Å². The van der Waals surface area contributed by atoms with Crippen molar-refractivity contribution in [2.45, 2.75) is 66.9 Å². The Balaban J connectivity index is 2.32. The molecule has 27 heavy (non-hydrogen) atoms. The molecule has 0 N–H and O–H groups in total. The van der Waals surface area contributed by atoms with Crippen LogP contribution >= 0.6 is 0 Å². The fraction of sp³-hybridized carbons (Fsp3) is 0.500. The van der Waals surface area contributed by atoms with E-state index < -0.39 is 11.5 Å². The molecule has 0 heterocycles. The van der Waals surface area contributed by atoms with Gasteiger partial charge in [0.1, 0.15) is 5.76 Å². The van der Waals surface area contributed by atoms with Gasteiger partial charge < -0.3 is 4.74 Å². The van der Waals surface area contributed by atoms with Crippen LogP contribution in [0.15, 0.2) is 71.1 Å². The van der Waals surface area contributed by atoms with Gasteiger partial charge in [0, 0.05) is 10.8 Å². The molecule has 2 rings (SSSR count). The second-order valence-corrected chi connectivity index (χ2v) is 8.64. The van der Waals surface area contributed by atoms with Crippen molar-refractivity contribution in [1.82, 2.24) is 0 Å². The van der Waals surface area contributed by atoms with Crippen LogP contribution in [0.4, 0.5) is 8.78 Å². The topological polar surface area (TPSA) is 9.23 Å². The molecule has 2 aliphatic carbocycles. The van der Waals surface area contributed by atoms with E-state index in [9.17, 15) is 0 Å². The molecule has 0 bridgehead atoms. The predicted octanol–water partition coefficient (Wildman–Crippen LogP) is 7.66. The average molecular weight is 375 g/mol. The van der Waals surface area contributed by atoms with Crippen molar-refractivity contribution in [3.05, 3.63) is 71.1 Å². The van der Waals surface area contributed by atoms with Crippen LogP contribution in [0.5, 0.6) is 0 Å². The lowest BCUT2D eigenvalue weighted by atomic mass is 9.83. The maximum Gasteiger partial charge on any atom is 0.426 e. The molecule has 1 nitrogen and oxygen atoms in total. The lowest BCUT2D eigenvalue weighted by molar-refractivity contribution is -0.177. The number of allylic oxidation sites excluding steroid dienone is 9. The lowest BCUT2D eigenvalue weighted by Crippen LogP contribution is -2.24. The van der Waals surface area contributed by atoms with Crippen LogP contribution in [0.2, 0.25) is 0 Å². The average Bonchev–Trinajstić information content (AvgIpc) is 2.76. The molecule has 0 aromatic heterocycles. The molecular weight excluding hydrogens is 342 g/mol. The van der Waals surface area contributed by atoms with E-state index in [0.717, 1.165) is 30.4 Å². The summed E-state index contributed by atoms with van der Waals surface area (Å²) in [6.45, 7) is 11.9. The second-order valence-electron chi connectivity index (χ2n) is 8.64. The molecule has 0 aliphatic heterocycles. The van der Waals surface area contributed by atoms with Gasteiger partial charge in [-0.3, -0.25) is 0 Å². The van der Waals surface area contributed by atoms with Crippen LogP contribution in [-0.2, 0) is 4.74 Å². The smallest absolute Gasteiger partial charge is 0.426 e. The number of ether oxygens (including phenoxy) is 1. The zero-order chi connectivity index (χ0) is 20.3. The summed E-state index contributed by atoms with van der Waals surface area (Å²) in [6.07, 6.45) is 13.8. The van der Waals surface area contributed by atoms with Gasteiger partial charge in [0.15, 0.2) is 0 Å². The highest BCUT2D eigenvalue weighted by Gasteiger charge is 2.38. The van der Waals surface area contributed by atoms with Crippen molar-refractivity contribution in [3.63, 3.8) is 0 Å². The minimum atomic E-state index is -3.40. The Morgan fingerprint density at radius 1 is 0.889 bits per heavy atom. The molecule has 0 saturated carbocycles. The normalized spacial score (nSPS) is 25.0. The minimum absolute atomic E-state index is 0.112. The molecule has 0 aromatic carbocycles. The van der Waals surface area contributed by atoms with E-state index in [4.69, 9.17) is 4.74 Å².